The minimum Gasteiger partial charge on any atom is -0.507 e. The van der Waals surface area contributed by atoms with Gasteiger partial charge in [0.2, 0.25) is 0 Å². The van der Waals surface area contributed by atoms with E-state index in [-0.39, 0.29) is 24.5 Å². The number of benzene rings is 1. The molecular weight excluding hydrogens is 239 g/mol. The van der Waals surface area contributed by atoms with Gasteiger partial charge in [0, 0.05) is 18.2 Å². The lowest BCUT2D eigenvalue weighted by molar-refractivity contribution is 0.0693. The summed E-state index contributed by atoms with van der Waals surface area (Å²) in [6.07, 6.45) is 0. The van der Waals surface area contributed by atoms with Crippen LogP contribution in [0.1, 0.15) is 22.0 Å². The van der Waals surface area contributed by atoms with Gasteiger partial charge in [0.1, 0.15) is 17.1 Å². The molecule has 7 heteroatoms. The number of carbonyl (C=O) groups is 1. The molecule has 0 aliphatic heterocycles. The summed E-state index contributed by atoms with van der Waals surface area (Å²) in [5, 5.41) is 18.2. The Morgan fingerprint density at radius 2 is 2.06 bits per heavy atom. The van der Waals surface area contributed by atoms with Crippen molar-refractivity contribution in [1.82, 2.24) is 0 Å². The third-order valence-corrected chi connectivity index (χ3v) is 1.99. The average Bonchev–Trinajstić information content (AvgIpc) is 2.19. The standard InChI is InChI=1S/C9H11FN2O3.ClH/c10-4-1-5(7(12)3-11)8(13)6(2-4)9(14)15;/h1-2,7,13H,3,11-12H2,(H,14,15);1H/t7-;/m0./s1. The Bertz CT molecular complexity index is 401. The van der Waals surface area contributed by atoms with Crippen LogP contribution in [0.15, 0.2) is 12.1 Å². The van der Waals surface area contributed by atoms with Gasteiger partial charge in [-0.2, -0.15) is 0 Å². The first kappa shape index (κ1) is 14.6. The van der Waals surface area contributed by atoms with Crippen LogP contribution >= 0.6 is 12.4 Å². The molecule has 6 N–H and O–H groups in total. The molecule has 0 fully saturated rings. The quantitative estimate of drug-likeness (QED) is 0.628. The number of hydrogen-bond acceptors (Lipinski definition) is 4. The molecule has 0 aromatic heterocycles. The number of carboxylic acid groups (broad SMARTS) is 1. The second-order valence-electron chi connectivity index (χ2n) is 3.04. The van der Waals surface area contributed by atoms with Crippen LogP contribution in [0.3, 0.4) is 0 Å². The van der Waals surface area contributed by atoms with Crippen molar-refractivity contribution in [2.45, 2.75) is 6.04 Å². The van der Waals surface area contributed by atoms with Crippen LogP contribution in [0.25, 0.3) is 0 Å². The van der Waals surface area contributed by atoms with Gasteiger partial charge in [0.15, 0.2) is 0 Å². The van der Waals surface area contributed by atoms with Crippen molar-refractivity contribution >= 4 is 18.4 Å². The maximum atomic E-state index is 13.0. The van der Waals surface area contributed by atoms with Crippen molar-refractivity contribution in [2.75, 3.05) is 6.54 Å². The van der Waals surface area contributed by atoms with E-state index < -0.39 is 29.1 Å². The Kier molecular flexibility index (Phi) is 5.16. The Morgan fingerprint density at radius 3 is 2.50 bits per heavy atom. The monoisotopic (exact) mass is 250 g/mol. The summed E-state index contributed by atoms with van der Waals surface area (Å²) >= 11 is 0. The first-order valence-electron chi connectivity index (χ1n) is 4.18. The maximum Gasteiger partial charge on any atom is 0.339 e. The van der Waals surface area contributed by atoms with Gasteiger partial charge in [0.05, 0.1) is 0 Å². The highest BCUT2D eigenvalue weighted by molar-refractivity contribution is 5.91. The number of aromatic hydroxyl groups is 1. The lowest BCUT2D eigenvalue weighted by Gasteiger charge is -2.12. The first-order chi connectivity index (χ1) is 6.97. The van der Waals surface area contributed by atoms with Gasteiger partial charge in [0.25, 0.3) is 0 Å². The number of hydrogen-bond donors (Lipinski definition) is 4. The smallest absolute Gasteiger partial charge is 0.339 e. The largest absolute Gasteiger partial charge is 0.507 e. The second-order valence-corrected chi connectivity index (χ2v) is 3.04. The topological polar surface area (TPSA) is 110 Å². The average molecular weight is 251 g/mol. The molecule has 0 aliphatic rings. The first-order valence-corrected chi connectivity index (χ1v) is 4.18. The lowest BCUT2D eigenvalue weighted by Crippen LogP contribution is -2.21. The zero-order chi connectivity index (χ0) is 11.6. The van der Waals surface area contributed by atoms with Gasteiger partial charge in [-0.1, -0.05) is 0 Å². The maximum absolute atomic E-state index is 13.0. The molecule has 0 heterocycles. The van der Waals surface area contributed by atoms with Gasteiger partial charge >= 0.3 is 5.97 Å². The van der Waals surface area contributed by atoms with Crippen molar-refractivity contribution < 1.29 is 19.4 Å². The summed E-state index contributed by atoms with van der Waals surface area (Å²) in [6, 6.07) is 0.905. The van der Waals surface area contributed by atoms with Crippen LogP contribution < -0.4 is 11.5 Å². The molecule has 1 aromatic rings. The molecule has 0 unspecified atom stereocenters. The molecule has 0 radical (unpaired) electrons. The van der Waals surface area contributed by atoms with E-state index in [0.717, 1.165) is 12.1 Å². The van der Waals surface area contributed by atoms with E-state index in [4.69, 9.17) is 16.6 Å². The Hall–Kier alpha value is -1.37. The molecule has 90 valence electrons. The number of rotatable bonds is 3. The van der Waals surface area contributed by atoms with Gasteiger partial charge in [-0.25, -0.2) is 9.18 Å². The number of halogens is 2. The van der Waals surface area contributed by atoms with Gasteiger partial charge < -0.3 is 21.7 Å². The molecule has 5 nitrogen and oxygen atoms in total. The minimum atomic E-state index is -1.42. The molecule has 1 aromatic carbocycles. The summed E-state index contributed by atoms with van der Waals surface area (Å²) in [5.41, 5.74) is 10.2. The highest BCUT2D eigenvalue weighted by Crippen LogP contribution is 2.27. The van der Waals surface area contributed by atoms with Crippen molar-refractivity contribution in [3.63, 3.8) is 0 Å². The third-order valence-electron chi connectivity index (χ3n) is 1.99. The van der Waals surface area contributed by atoms with Gasteiger partial charge in [-0.05, 0) is 12.1 Å². The molecule has 1 rings (SSSR count). The molecule has 0 bridgehead atoms. The number of carboxylic acids is 1. The van der Waals surface area contributed by atoms with Gasteiger partial charge in [-0.3, -0.25) is 0 Å². The van der Waals surface area contributed by atoms with Crippen LogP contribution in [-0.2, 0) is 0 Å². The summed E-state index contributed by atoms with van der Waals surface area (Å²) in [5.74, 6) is -2.73. The van der Waals surface area contributed by atoms with Crippen molar-refractivity contribution in [3.8, 4) is 5.75 Å². The van der Waals surface area contributed by atoms with Crippen LogP contribution in [0.5, 0.6) is 5.75 Å². The summed E-state index contributed by atoms with van der Waals surface area (Å²) < 4.78 is 13.0. The minimum absolute atomic E-state index is 0. The summed E-state index contributed by atoms with van der Waals surface area (Å²) in [7, 11) is 0. The van der Waals surface area contributed by atoms with Crippen LogP contribution in [0.4, 0.5) is 4.39 Å². The molecule has 16 heavy (non-hydrogen) atoms. The fraction of sp³-hybridized carbons (Fsp3) is 0.222. The van der Waals surface area contributed by atoms with Crippen molar-refractivity contribution in [2.24, 2.45) is 11.5 Å². The predicted octanol–water partition coefficient (Wildman–Crippen LogP) is 0.610. The van der Waals surface area contributed by atoms with E-state index in [9.17, 15) is 14.3 Å². The van der Waals surface area contributed by atoms with E-state index in [2.05, 4.69) is 0 Å². The third kappa shape index (κ3) is 2.82. The fourth-order valence-corrected chi connectivity index (χ4v) is 1.19. The van der Waals surface area contributed by atoms with E-state index in [1.54, 1.807) is 0 Å². The Balaban J connectivity index is 0.00000225. The SMILES string of the molecule is Cl.NC[C@H](N)c1cc(F)cc(C(=O)O)c1O. The lowest BCUT2D eigenvalue weighted by atomic mass is 10.0. The van der Waals surface area contributed by atoms with Crippen LogP contribution in [0.2, 0.25) is 0 Å². The van der Waals surface area contributed by atoms with E-state index >= 15 is 0 Å². The second kappa shape index (κ2) is 5.64. The summed E-state index contributed by atoms with van der Waals surface area (Å²) in [4.78, 5) is 10.6. The zero-order valence-electron chi connectivity index (χ0n) is 8.18. The molecule has 0 saturated carbocycles. The van der Waals surface area contributed by atoms with Crippen LogP contribution in [0, 0.1) is 5.82 Å². The summed E-state index contributed by atoms with van der Waals surface area (Å²) in [6.45, 7) is -0.0178. The number of aromatic carboxylic acids is 1. The molecule has 0 aliphatic carbocycles. The molecule has 0 amide bonds. The highest BCUT2D eigenvalue weighted by atomic mass is 35.5. The molecule has 1 atom stereocenters. The zero-order valence-corrected chi connectivity index (χ0v) is 9.00. The van der Waals surface area contributed by atoms with E-state index in [0.29, 0.717) is 0 Å². The van der Waals surface area contributed by atoms with Crippen molar-refractivity contribution in [3.05, 3.63) is 29.1 Å². The Labute approximate surface area is 97.3 Å². The molecule has 0 saturated heterocycles. The fourth-order valence-electron chi connectivity index (χ4n) is 1.19. The van der Waals surface area contributed by atoms with Crippen LogP contribution in [-0.4, -0.2) is 22.7 Å². The van der Waals surface area contributed by atoms with Crippen molar-refractivity contribution in [1.29, 1.82) is 0 Å². The normalized spacial score (nSPS) is 11.7. The van der Waals surface area contributed by atoms with E-state index in [1.807, 2.05) is 0 Å². The molecule has 0 spiro atoms. The number of phenols is 1. The highest BCUT2D eigenvalue weighted by Gasteiger charge is 2.18. The van der Waals surface area contributed by atoms with E-state index in [1.165, 1.54) is 0 Å². The number of nitrogens with two attached hydrogens (primary N) is 2. The predicted molar refractivity (Wildman–Crippen MR) is 58.3 cm³/mol. The molecular formula is C9H12ClFN2O3. The van der Waals surface area contributed by atoms with Gasteiger partial charge in [-0.15, -0.1) is 12.4 Å². The Morgan fingerprint density at radius 1 is 1.50 bits per heavy atom.